The summed E-state index contributed by atoms with van der Waals surface area (Å²) in [7, 11) is 1.31. The van der Waals surface area contributed by atoms with Gasteiger partial charge >= 0.3 is 12.6 Å². The monoisotopic (exact) mass is 403 g/mol. The third-order valence-electron chi connectivity index (χ3n) is 4.12. The Morgan fingerprint density at radius 3 is 2.62 bits per heavy atom. The van der Waals surface area contributed by atoms with Gasteiger partial charge < -0.3 is 23.7 Å². The van der Waals surface area contributed by atoms with Crippen LogP contribution in [0.4, 0.5) is 8.78 Å². The number of esters is 1. The number of hydrogen-bond donors (Lipinski definition) is 0. The molecule has 0 unspecified atom stereocenters. The molecule has 0 saturated heterocycles. The topological polar surface area (TPSA) is 75.6 Å². The molecule has 9 heteroatoms. The van der Waals surface area contributed by atoms with Crippen molar-refractivity contribution >= 4 is 17.9 Å². The van der Waals surface area contributed by atoms with Crippen molar-refractivity contribution in [1.82, 2.24) is 0 Å². The molecule has 2 aromatic carbocycles. The normalized spacial score (nSPS) is 16.6. The van der Waals surface area contributed by atoms with Crippen LogP contribution >= 0.6 is 0 Å². The van der Waals surface area contributed by atoms with Gasteiger partial charge in [-0.3, -0.25) is 0 Å². The van der Waals surface area contributed by atoms with E-state index in [9.17, 15) is 13.6 Å². The van der Waals surface area contributed by atoms with E-state index in [1.807, 2.05) is 0 Å². The lowest BCUT2D eigenvalue weighted by atomic mass is 10.1. The number of benzene rings is 2. The Labute approximate surface area is 164 Å². The molecule has 0 spiro atoms. The van der Waals surface area contributed by atoms with Crippen LogP contribution in [-0.4, -0.2) is 38.8 Å². The first kappa shape index (κ1) is 18.7. The van der Waals surface area contributed by atoms with Crippen LogP contribution in [0.15, 0.2) is 47.1 Å². The molecule has 29 heavy (non-hydrogen) atoms. The second kappa shape index (κ2) is 7.78. The Morgan fingerprint density at radius 2 is 1.86 bits per heavy atom. The molecule has 0 aliphatic carbocycles. The van der Waals surface area contributed by atoms with Gasteiger partial charge in [0.1, 0.15) is 13.2 Å². The van der Waals surface area contributed by atoms with Crippen molar-refractivity contribution in [3.05, 3.63) is 53.2 Å². The van der Waals surface area contributed by atoms with Gasteiger partial charge in [0, 0.05) is 5.56 Å². The molecule has 0 atom stereocenters. The van der Waals surface area contributed by atoms with Crippen LogP contribution in [0.5, 0.6) is 23.0 Å². The number of fused-ring (bicyclic) bond motifs is 1. The SMILES string of the molecule is COc1cc(C2=N/C(=C\c3ccc4c(c3)OCCO4)C(=O)O2)ccc1OC(F)F. The average molecular weight is 403 g/mol. The molecule has 2 aromatic rings. The predicted molar refractivity (Wildman–Crippen MR) is 97.7 cm³/mol. The highest BCUT2D eigenvalue weighted by atomic mass is 19.3. The zero-order valence-electron chi connectivity index (χ0n) is 15.2. The summed E-state index contributed by atoms with van der Waals surface area (Å²) >= 11 is 0. The summed E-state index contributed by atoms with van der Waals surface area (Å²) in [6.07, 6.45) is 1.55. The molecule has 0 radical (unpaired) electrons. The largest absolute Gasteiger partial charge is 0.493 e. The Bertz CT molecular complexity index is 1020. The van der Waals surface area contributed by atoms with Crippen LogP contribution in [-0.2, 0) is 9.53 Å². The molecule has 2 heterocycles. The van der Waals surface area contributed by atoms with E-state index in [-0.39, 0.29) is 23.1 Å². The fourth-order valence-electron chi connectivity index (χ4n) is 2.83. The Hall–Kier alpha value is -3.62. The molecule has 2 aliphatic rings. The maximum absolute atomic E-state index is 12.5. The third kappa shape index (κ3) is 3.98. The number of methoxy groups -OCH3 is 1. The predicted octanol–water partition coefficient (Wildman–Crippen LogP) is 3.41. The van der Waals surface area contributed by atoms with Gasteiger partial charge in [0.05, 0.1) is 7.11 Å². The fourth-order valence-corrected chi connectivity index (χ4v) is 2.83. The number of nitrogens with zero attached hydrogens (tertiary/aromatic N) is 1. The number of rotatable bonds is 5. The van der Waals surface area contributed by atoms with Crippen molar-refractivity contribution in [2.24, 2.45) is 4.99 Å². The average Bonchev–Trinajstić information content (AvgIpc) is 3.08. The van der Waals surface area contributed by atoms with Crippen LogP contribution in [0.2, 0.25) is 0 Å². The molecule has 0 aromatic heterocycles. The number of aliphatic imine (C=N–C) groups is 1. The van der Waals surface area contributed by atoms with Crippen molar-refractivity contribution in [3.63, 3.8) is 0 Å². The minimum atomic E-state index is -2.99. The highest BCUT2D eigenvalue weighted by Gasteiger charge is 2.25. The maximum Gasteiger partial charge on any atom is 0.387 e. The van der Waals surface area contributed by atoms with Gasteiger partial charge in [-0.1, -0.05) is 6.07 Å². The molecule has 7 nitrogen and oxygen atoms in total. The molecule has 150 valence electrons. The number of cyclic esters (lactones) is 1. The van der Waals surface area contributed by atoms with E-state index in [1.54, 1.807) is 24.3 Å². The van der Waals surface area contributed by atoms with Crippen LogP contribution in [0.3, 0.4) is 0 Å². The number of ether oxygens (including phenoxy) is 5. The molecular formula is C20H15F2NO6. The lowest BCUT2D eigenvalue weighted by Crippen LogP contribution is -2.15. The zero-order valence-corrected chi connectivity index (χ0v) is 15.2. The van der Waals surface area contributed by atoms with Gasteiger partial charge in [0.25, 0.3) is 0 Å². The first-order valence-electron chi connectivity index (χ1n) is 8.59. The van der Waals surface area contributed by atoms with Gasteiger partial charge in [-0.2, -0.15) is 8.78 Å². The lowest BCUT2D eigenvalue weighted by Gasteiger charge is -2.18. The second-order valence-electron chi connectivity index (χ2n) is 5.98. The van der Waals surface area contributed by atoms with E-state index in [0.717, 1.165) is 0 Å². The second-order valence-corrected chi connectivity index (χ2v) is 5.98. The summed E-state index contributed by atoms with van der Waals surface area (Å²) in [5.41, 5.74) is 1.15. The molecule has 0 amide bonds. The first-order chi connectivity index (χ1) is 14.0. The van der Waals surface area contributed by atoms with Crippen LogP contribution in [0.1, 0.15) is 11.1 Å². The summed E-state index contributed by atoms with van der Waals surface area (Å²) in [6.45, 7) is -2.06. The van der Waals surface area contributed by atoms with Crippen molar-refractivity contribution in [2.75, 3.05) is 20.3 Å². The summed E-state index contributed by atoms with van der Waals surface area (Å²) in [5, 5.41) is 0. The van der Waals surface area contributed by atoms with Crippen molar-refractivity contribution in [3.8, 4) is 23.0 Å². The first-order valence-corrected chi connectivity index (χ1v) is 8.59. The minimum absolute atomic E-state index is 0.0284. The quantitative estimate of drug-likeness (QED) is 0.563. The fraction of sp³-hybridized carbons (Fsp3) is 0.200. The zero-order chi connectivity index (χ0) is 20.4. The summed E-state index contributed by atoms with van der Waals surface area (Å²) in [5.74, 6) is 0.534. The minimum Gasteiger partial charge on any atom is -0.493 e. The molecule has 2 aliphatic heterocycles. The van der Waals surface area contributed by atoms with Crippen molar-refractivity contribution in [2.45, 2.75) is 6.61 Å². The third-order valence-corrected chi connectivity index (χ3v) is 4.12. The van der Waals surface area contributed by atoms with Gasteiger partial charge in [0.15, 0.2) is 28.7 Å². The number of alkyl halides is 2. The highest BCUT2D eigenvalue weighted by molar-refractivity contribution is 6.13. The van der Waals surface area contributed by atoms with Gasteiger partial charge in [-0.05, 0) is 42.0 Å². The Morgan fingerprint density at radius 1 is 1.07 bits per heavy atom. The lowest BCUT2D eigenvalue weighted by molar-refractivity contribution is -0.129. The molecule has 0 saturated carbocycles. The number of carbonyl (C=O) groups is 1. The van der Waals surface area contributed by atoms with Crippen LogP contribution in [0.25, 0.3) is 6.08 Å². The summed E-state index contributed by atoms with van der Waals surface area (Å²) in [6, 6.07) is 9.39. The highest BCUT2D eigenvalue weighted by Crippen LogP contribution is 2.33. The van der Waals surface area contributed by atoms with Crippen molar-refractivity contribution < 1.29 is 37.3 Å². The summed E-state index contributed by atoms with van der Waals surface area (Å²) < 4.78 is 50.6. The molecule has 4 rings (SSSR count). The van der Waals surface area contributed by atoms with E-state index in [1.165, 1.54) is 25.3 Å². The van der Waals surface area contributed by atoms with Crippen molar-refractivity contribution in [1.29, 1.82) is 0 Å². The number of carbonyl (C=O) groups excluding carboxylic acids is 1. The molecule has 0 bridgehead atoms. The Kier molecular flexibility index (Phi) is 5.03. The van der Waals surface area contributed by atoms with Crippen LogP contribution < -0.4 is 18.9 Å². The van der Waals surface area contributed by atoms with Gasteiger partial charge in [-0.15, -0.1) is 0 Å². The van der Waals surface area contributed by atoms with Gasteiger partial charge in [-0.25, -0.2) is 9.79 Å². The molecular weight excluding hydrogens is 388 g/mol. The van der Waals surface area contributed by atoms with Crippen LogP contribution in [0, 0.1) is 0 Å². The smallest absolute Gasteiger partial charge is 0.387 e. The van der Waals surface area contributed by atoms with E-state index in [4.69, 9.17) is 18.9 Å². The van der Waals surface area contributed by atoms with E-state index in [0.29, 0.717) is 35.8 Å². The number of hydrogen-bond acceptors (Lipinski definition) is 7. The molecule has 0 N–H and O–H groups in total. The Balaban J connectivity index is 1.61. The van der Waals surface area contributed by atoms with E-state index < -0.39 is 12.6 Å². The maximum atomic E-state index is 12.5. The number of halogens is 2. The summed E-state index contributed by atoms with van der Waals surface area (Å²) in [4.78, 5) is 16.4. The van der Waals surface area contributed by atoms with E-state index in [2.05, 4.69) is 9.73 Å². The molecule has 0 fully saturated rings. The standard InChI is InChI=1S/C20H15F2NO6/c1-25-16-10-12(3-5-15(16)28-20(21)22)18-23-13(19(24)29-18)8-11-2-4-14-17(9-11)27-7-6-26-14/h2-5,8-10,20H,6-7H2,1H3/b13-8-. The van der Waals surface area contributed by atoms with E-state index >= 15 is 0 Å². The van der Waals surface area contributed by atoms with Gasteiger partial charge in [0.2, 0.25) is 5.90 Å².